The number of hydrogen-bond acceptors (Lipinski definition) is 4. The van der Waals surface area contributed by atoms with Gasteiger partial charge in [-0.15, -0.1) is 0 Å². The van der Waals surface area contributed by atoms with Gasteiger partial charge in [-0.25, -0.2) is 8.42 Å². The van der Waals surface area contributed by atoms with Gasteiger partial charge in [0.25, 0.3) is 0 Å². The average molecular weight is 249 g/mol. The van der Waals surface area contributed by atoms with Gasteiger partial charge in [0.1, 0.15) is 5.75 Å². The molecule has 1 aliphatic heterocycles. The highest BCUT2D eigenvalue weighted by Crippen LogP contribution is 2.31. The van der Waals surface area contributed by atoms with Crippen molar-refractivity contribution in [3.63, 3.8) is 0 Å². The summed E-state index contributed by atoms with van der Waals surface area (Å²) in [6.07, 6.45) is 0. The molecule has 0 spiro atoms. The Hall–Kier alpha value is -0.780. The van der Waals surface area contributed by atoms with Crippen LogP contribution in [-0.2, 0) is 32.8 Å². The Labute approximate surface area is 91.9 Å². The third kappa shape index (κ3) is 2.25. The zero-order chi connectivity index (χ0) is 11.1. The third-order valence-electron chi connectivity index (χ3n) is 2.32. The maximum atomic E-state index is 11.0. The van der Waals surface area contributed by atoms with E-state index in [0.717, 1.165) is 11.1 Å². The number of ether oxygens (including phenoxy) is 1. The van der Waals surface area contributed by atoms with Gasteiger partial charge in [0.2, 0.25) is 9.05 Å². The number of hydrogen-bond donors (Lipinski definition) is 1. The molecule has 0 radical (unpaired) electrons. The van der Waals surface area contributed by atoms with Crippen molar-refractivity contribution in [3.8, 4) is 5.75 Å². The lowest BCUT2D eigenvalue weighted by Gasteiger charge is -2.07. The molecule has 0 amide bonds. The second kappa shape index (κ2) is 3.66. The molecular weight excluding hydrogens is 240 g/mol. The monoisotopic (exact) mass is 248 g/mol. The average Bonchev–Trinajstić information content (AvgIpc) is 2.56. The Morgan fingerprint density at radius 3 is 2.80 bits per heavy atom. The summed E-state index contributed by atoms with van der Waals surface area (Å²) in [4.78, 5) is 0. The van der Waals surface area contributed by atoms with Crippen LogP contribution in [0.4, 0.5) is 0 Å². The summed E-state index contributed by atoms with van der Waals surface area (Å²) < 4.78 is 27.1. The van der Waals surface area contributed by atoms with Crippen molar-refractivity contribution in [2.45, 2.75) is 19.0 Å². The molecule has 82 valence electrons. The molecule has 0 saturated heterocycles. The zero-order valence-electron chi connectivity index (χ0n) is 7.73. The molecule has 0 aromatic heterocycles. The maximum Gasteiger partial charge on any atom is 0.236 e. The SMILES string of the molecule is O=S(=O)(Cl)Cc1c(O)ccc2c1COC2. The van der Waals surface area contributed by atoms with Crippen molar-refractivity contribution in [3.05, 3.63) is 28.8 Å². The van der Waals surface area contributed by atoms with Crippen LogP contribution in [-0.4, -0.2) is 13.5 Å². The summed E-state index contributed by atoms with van der Waals surface area (Å²) in [6.45, 7) is 0.774. The molecule has 0 saturated carbocycles. The molecular formula is C9H9ClO4S. The molecule has 0 fully saturated rings. The third-order valence-corrected chi connectivity index (χ3v) is 3.28. The van der Waals surface area contributed by atoms with Crippen molar-refractivity contribution in [1.82, 2.24) is 0 Å². The summed E-state index contributed by atoms with van der Waals surface area (Å²) in [6, 6.07) is 3.19. The molecule has 6 heteroatoms. The quantitative estimate of drug-likeness (QED) is 0.806. The van der Waals surface area contributed by atoms with Gasteiger partial charge >= 0.3 is 0 Å². The van der Waals surface area contributed by atoms with E-state index in [-0.39, 0.29) is 11.5 Å². The molecule has 0 aliphatic carbocycles. The number of phenols is 1. The van der Waals surface area contributed by atoms with Gasteiger partial charge in [-0.05, 0) is 17.2 Å². The van der Waals surface area contributed by atoms with E-state index in [1.54, 1.807) is 6.07 Å². The number of rotatable bonds is 2. The minimum absolute atomic E-state index is 0.0523. The van der Waals surface area contributed by atoms with E-state index in [2.05, 4.69) is 0 Å². The Balaban J connectivity index is 2.50. The van der Waals surface area contributed by atoms with Crippen LogP contribution in [0.2, 0.25) is 0 Å². The van der Waals surface area contributed by atoms with E-state index in [1.807, 2.05) is 0 Å². The van der Waals surface area contributed by atoms with Gasteiger partial charge < -0.3 is 9.84 Å². The molecule has 1 N–H and O–H groups in total. The number of halogens is 1. The van der Waals surface area contributed by atoms with Gasteiger partial charge in [-0.3, -0.25) is 0 Å². The fourth-order valence-corrected chi connectivity index (χ4v) is 2.63. The topological polar surface area (TPSA) is 63.6 Å². The normalized spacial score (nSPS) is 15.3. The predicted molar refractivity (Wildman–Crippen MR) is 55.1 cm³/mol. The first-order valence-electron chi connectivity index (χ1n) is 4.30. The van der Waals surface area contributed by atoms with E-state index in [0.29, 0.717) is 18.8 Å². The Kier molecular flexibility index (Phi) is 2.62. The summed E-state index contributed by atoms with van der Waals surface area (Å²) in [5, 5.41) is 9.56. The smallest absolute Gasteiger partial charge is 0.236 e. The predicted octanol–water partition coefficient (Wildman–Crippen LogP) is 1.49. The van der Waals surface area contributed by atoms with Gasteiger partial charge in [-0.2, -0.15) is 0 Å². The van der Waals surface area contributed by atoms with Crippen LogP contribution in [0.5, 0.6) is 5.75 Å². The van der Waals surface area contributed by atoms with Crippen molar-refractivity contribution >= 4 is 19.7 Å². The second-order valence-corrected chi connectivity index (χ2v) is 6.15. The lowest BCUT2D eigenvalue weighted by Crippen LogP contribution is -2.00. The highest BCUT2D eigenvalue weighted by molar-refractivity contribution is 8.13. The minimum atomic E-state index is -3.66. The fourth-order valence-electron chi connectivity index (χ4n) is 1.64. The molecule has 0 unspecified atom stereocenters. The number of phenolic OH excluding ortho intramolecular Hbond substituents is 1. The van der Waals surface area contributed by atoms with Crippen LogP contribution in [0.15, 0.2) is 12.1 Å². The summed E-state index contributed by atoms with van der Waals surface area (Å²) in [7, 11) is 1.50. The van der Waals surface area contributed by atoms with Crippen LogP contribution in [0.25, 0.3) is 0 Å². The fraction of sp³-hybridized carbons (Fsp3) is 0.333. The summed E-state index contributed by atoms with van der Waals surface area (Å²) >= 11 is 0. The zero-order valence-corrected chi connectivity index (χ0v) is 9.31. The highest BCUT2D eigenvalue weighted by Gasteiger charge is 2.21. The first-order chi connectivity index (χ1) is 6.97. The van der Waals surface area contributed by atoms with E-state index < -0.39 is 9.05 Å². The summed E-state index contributed by atoms with van der Waals surface area (Å²) in [5.74, 6) is -0.420. The molecule has 1 aromatic carbocycles. The molecule has 4 nitrogen and oxygen atoms in total. The van der Waals surface area contributed by atoms with Crippen LogP contribution >= 0.6 is 10.7 Å². The van der Waals surface area contributed by atoms with E-state index in [9.17, 15) is 13.5 Å². The molecule has 1 aromatic rings. The minimum Gasteiger partial charge on any atom is -0.508 e. The Morgan fingerprint density at radius 1 is 1.40 bits per heavy atom. The van der Waals surface area contributed by atoms with E-state index in [4.69, 9.17) is 15.4 Å². The van der Waals surface area contributed by atoms with Crippen molar-refractivity contribution < 1.29 is 18.3 Å². The van der Waals surface area contributed by atoms with Crippen LogP contribution in [0.3, 0.4) is 0 Å². The van der Waals surface area contributed by atoms with Gasteiger partial charge in [0.05, 0.1) is 19.0 Å². The number of fused-ring (bicyclic) bond motifs is 1. The van der Waals surface area contributed by atoms with E-state index >= 15 is 0 Å². The van der Waals surface area contributed by atoms with Crippen molar-refractivity contribution in [2.24, 2.45) is 0 Å². The lowest BCUT2D eigenvalue weighted by atomic mass is 10.0. The molecule has 1 aliphatic rings. The van der Waals surface area contributed by atoms with Gasteiger partial charge in [0.15, 0.2) is 0 Å². The molecule has 15 heavy (non-hydrogen) atoms. The molecule has 2 rings (SSSR count). The van der Waals surface area contributed by atoms with Crippen molar-refractivity contribution in [2.75, 3.05) is 0 Å². The van der Waals surface area contributed by atoms with Crippen molar-refractivity contribution in [1.29, 1.82) is 0 Å². The first kappa shape index (κ1) is 10.7. The Bertz CT molecular complexity index is 495. The largest absolute Gasteiger partial charge is 0.508 e. The standard InChI is InChI=1S/C9H9ClO4S/c10-15(12,13)5-8-7-4-14-3-6(7)1-2-9(8)11/h1-2,11H,3-5H2. The van der Waals surface area contributed by atoms with Crippen LogP contribution in [0, 0.1) is 0 Å². The second-order valence-electron chi connectivity index (χ2n) is 3.38. The van der Waals surface area contributed by atoms with Gasteiger partial charge in [0, 0.05) is 16.2 Å². The van der Waals surface area contributed by atoms with Crippen LogP contribution < -0.4 is 0 Å². The van der Waals surface area contributed by atoms with E-state index in [1.165, 1.54) is 6.07 Å². The summed E-state index contributed by atoms with van der Waals surface area (Å²) in [5.41, 5.74) is 1.99. The van der Waals surface area contributed by atoms with Gasteiger partial charge in [-0.1, -0.05) is 6.07 Å². The highest BCUT2D eigenvalue weighted by atomic mass is 35.7. The molecule has 0 bridgehead atoms. The molecule has 1 heterocycles. The molecule has 0 atom stereocenters. The first-order valence-corrected chi connectivity index (χ1v) is 6.78. The Morgan fingerprint density at radius 2 is 2.13 bits per heavy atom. The number of benzene rings is 1. The maximum absolute atomic E-state index is 11.0. The van der Waals surface area contributed by atoms with Crippen LogP contribution in [0.1, 0.15) is 16.7 Å². The number of aromatic hydroxyl groups is 1. The lowest BCUT2D eigenvalue weighted by molar-refractivity contribution is 0.134.